The molecule has 0 saturated carbocycles. The highest BCUT2D eigenvalue weighted by molar-refractivity contribution is 5.22. The van der Waals surface area contributed by atoms with Crippen LogP contribution in [0.25, 0.3) is 0 Å². The Labute approximate surface area is 107 Å². The second-order valence-electron chi connectivity index (χ2n) is 4.47. The number of halogens is 1. The van der Waals surface area contributed by atoms with Crippen LogP contribution in [0.15, 0.2) is 24.3 Å². The standard InChI is InChI=1S/C13H20FNO3/c1-10(2)8-18-15-7-12(16)9-17-13-5-3-11(14)4-6-13/h3-6,10,12,15-16H,7-9H2,1-2H3. The van der Waals surface area contributed by atoms with Crippen LogP contribution in [-0.2, 0) is 4.84 Å². The Bertz CT molecular complexity index is 330. The van der Waals surface area contributed by atoms with Gasteiger partial charge in [0.25, 0.3) is 0 Å². The molecular formula is C13H20FNO3. The average molecular weight is 257 g/mol. The molecule has 0 aliphatic heterocycles. The molecule has 1 rings (SSSR count). The van der Waals surface area contributed by atoms with Gasteiger partial charge in [0.1, 0.15) is 24.3 Å². The van der Waals surface area contributed by atoms with E-state index in [-0.39, 0.29) is 19.0 Å². The van der Waals surface area contributed by atoms with E-state index in [0.29, 0.717) is 18.3 Å². The summed E-state index contributed by atoms with van der Waals surface area (Å²) in [5.74, 6) is 0.648. The van der Waals surface area contributed by atoms with Gasteiger partial charge >= 0.3 is 0 Å². The van der Waals surface area contributed by atoms with Gasteiger partial charge in [-0.3, -0.25) is 0 Å². The van der Waals surface area contributed by atoms with Crippen LogP contribution in [0.5, 0.6) is 5.75 Å². The SMILES string of the molecule is CC(C)CONCC(O)COc1ccc(F)cc1. The summed E-state index contributed by atoms with van der Waals surface area (Å²) in [6.45, 7) is 5.08. The first-order valence-electron chi connectivity index (χ1n) is 5.99. The normalized spacial score (nSPS) is 12.7. The monoisotopic (exact) mass is 257 g/mol. The molecule has 0 amide bonds. The summed E-state index contributed by atoms with van der Waals surface area (Å²) in [5.41, 5.74) is 2.67. The number of hydrogen-bond donors (Lipinski definition) is 2. The molecular weight excluding hydrogens is 237 g/mol. The average Bonchev–Trinajstić information content (AvgIpc) is 2.34. The summed E-state index contributed by atoms with van der Waals surface area (Å²) in [6.07, 6.45) is -0.679. The fraction of sp³-hybridized carbons (Fsp3) is 0.538. The number of benzene rings is 1. The summed E-state index contributed by atoms with van der Waals surface area (Å²) >= 11 is 0. The summed E-state index contributed by atoms with van der Waals surface area (Å²) in [7, 11) is 0. The molecule has 0 bridgehead atoms. The van der Waals surface area contributed by atoms with E-state index in [1.165, 1.54) is 24.3 Å². The minimum absolute atomic E-state index is 0.129. The van der Waals surface area contributed by atoms with Crippen molar-refractivity contribution in [1.29, 1.82) is 0 Å². The summed E-state index contributed by atoms with van der Waals surface area (Å²) in [6, 6.07) is 5.66. The van der Waals surface area contributed by atoms with Crippen molar-refractivity contribution in [3.63, 3.8) is 0 Å². The topological polar surface area (TPSA) is 50.7 Å². The molecule has 0 aliphatic carbocycles. The van der Waals surface area contributed by atoms with Gasteiger partial charge in [0.05, 0.1) is 13.2 Å². The fourth-order valence-corrected chi connectivity index (χ4v) is 1.16. The minimum atomic E-state index is -0.679. The smallest absolute Gasteiger partial charge is 0.123 e. The molecule has 1 aromatic carbocycles. The largest absolute Gasteiger partial charge is 0.491 e. The van der Waals surface area contributed by atoms with Gasteiger partial charge in [-0.05, 0) is 30.2 Å². The van der Waals surface area contributed by atoms with Crippen LogP contribution in [-0.4, -0.2) is 31.0 Å². The van der Waals surface area contributed by atoms with Crippen LogP contribution in [0.2, 0.25) is 0 Å². The van der Waals surface area contributed by atoms with Crippen LogP contribution in [0, 0.1) is 11.7 Å². The van der Waals surface area contributed by atoms with E-state index in [1.54, 1.807) is 0 Å². The highest BCUT2D eigenvalue weighted by atomic mass is 19.1. The van der Waals surface area contributed by atoms with Crippen molar-refractivity contribution >= 4 is 0 Å². The summed E-state index contributed by atoms with van der Waals surface area (Å²) in [4.78, 5) is 5.12. The Kier molecular flexibility index (Phi) is 6.64. The Morgan fingerprint density at radius 2 is 1.89 bits per heavy atom. The molecule has 4 nitrogen and oxygen atoms in total. The Hall–Kier alpha value is -1.17. The zero-order valence-electron chi connectivity index (χ0n) is 10.7. The van der Waals surface area contributed by atoms with Crippen molar-refractivity contribution in [1.82, 2.24) is 5.48 Å². The van der Waals surface area contributed by atoms with Gasteiger partial charge in [-0.15, -0.1) is 0 Å². The number of hydroxylamine groups is 1. The maximum atomic E-state index is 12.6. The van der Waals surface area contributed by atoms with E-state index in [4.69, 9.17) is 9.57 Å². The molecule has 1 unspecified atom stereocenters. The zero-order valence-corrected chi connectivity index (χ0v) is 10.7. The van der Waals surface area contributed by atoms with Crippen LogP contribution >= 0.6 is 0 Å². The molecule has 0 aliphatic rings. The Balaban J connectivity index is 2.13. The third-order valence-corrected chi connectivity index (χ3v) is 2.09. The first-order chi connectivity index (χ1) is 8.58. The van der Waals surface area contributed by atoms with Crippen LogP contribution in [0.1, 0.15) is 13.8 Å². The fourth-order valence-electron chi connectivity index (χ4n) is 1.16. The van der Waals surface area contributed by atoms with Gasteiger partial charge in [-0.2, -0.15) is 5.48 Å². The molecule has 102 valence electrons. The van der Waals surface area contributed by atoms with Crippen LogP contribution < -0.4 is 10.2 Å². The lowest BCUT2D eigenvalue weighted by atomic mass is 10.2. The van der Waals surface area contributed by atoms with Crippen molar-refractivity contribution in [3.8, 4) is 5.75 Å². The van der Waals surface area contributed by atoms with Gasteiger partial charge in [0, 0.05) is 0 Å². The lowest BCUT2D eigenvalue weighted by Gasteiger charge is -2.14. The van der Waals surface area contributed by atoms with Gasteiger partial charge in [-0.25, -0.2) is 4.39 Å². The third-order valence-electron chi connectivity index (χ3n) is 2.09. The van der Waals surface area contributed by atoms with E-state index in [9.17, 15) is 9.50 Å². The molecule has 0 heterocycles. The van der Waals surface area contributed by atoms with Gasteiger partial charge in [-0.1, -0.05) is 13.8 Å². The zero-order chi connectivity index (χ0) is 13.4. The quantitative estimate of drug-likeness (QED) is 0.550. The van der Waals surface area contributed by atoms with E-state index in [1.807, 2.05) is 13.8 Å². The second kappa shape index (κ2) is 8.02. The molecule has 5 heteroatoms. The molecule has 0 radical (unpaired) electrons. The van der Waals surface area contributed by atoms with Crippen molar-refractivity contribution in [3.05, 3.63) is 30.1 Å². The van der Waals surface area contributed by atoms with E-state index < -0.39 is 6.10 Å². The number of ether oxygens (including phenoxy) is 1. The number of aliphatic hydroxyl groups is 1. The number of rotatable bonds is 8. The predicted octanol–water partition coefficient (Wildman–Crippen LogP) is 1.74. The van der Waals surface area contributed by atoms with E-state index in [0.717, 1.165) is 0 Å². The van der Waals surface area contributed by atoms with Crippen molar-refractivity contribution in [2.24, 2.45) is 5.92 Å². The minimum Gasteiger partial charge on any atom is -0.491 e. The molecule has 1 aromatic rings. The predicted molar refractivity (Wildman–Crippen MR) is 66.7 cm³/mol. The first kappa shape index (κ1) is 14.9. The Morgan fingerprint density at radius 3 is 2.50 bits per heavy atom. The van der Waals surface area contributed by atoms with E-state index in [2.05, 4.69) is 5.48 Å². The number of nitrogens with one attached hydrogen (secondary N) is 1. The maximum Gasteiger partial charge on any atom is 0.123 e. The Morgan fingerprint density at radius 1 is 1.22 bits per heavy atom. The molecule has 0 aromatic heterocycles. The highest BCUT2D eigenvalue weighted by Gasteiger charge is 2.05. The molecule has 0 saturated heterocycles. The molecule has 0 fully saturated rings. The first-order valence-corrected chi connectivity index (χ1v) is 5.99. The van der Waals surface area contributed by atoms with Crippen LogP contribution in [0.4, 0.5) is 4.39 Å². The van der Waals surface area contributed by atoms with E-state index >= 15 is 0 Å². The van der Waals surface area contributed by atoms with Gasteiger partial charge < -0.3 is 14.7 Å². The molecule has 2 N–H and O–H groups in total. The molecule has 1 atom stereocenters. The second-order valence-corrected chi connectivity index (χ2v) is 4.47. The highest BCUT2D eigenvalue weighted by Crippen LogP contribution is 2.11. The lowest BCUT2D eigenvalue weighted by molar-refractivity contribution is -0.00773. The summed E-state index contributed by atoms with van der Waals surface area (Å²) < 4.78 is 17.9. The van der Waals surface area contributed by atoms with Gasteiger partial charge in [0.2, 0.25) is 0 Å². The third kappa shape index (κ3) is 6.54. The number of hydrogen-bond acceptors (Lipinski definition) is 4. The van der Waals surface area contributed by atoms with Gasteiger partial charge in [0.15, 0.2) is 0 Å². The number of aliphatic hydroxyl groups excluding tert-OH is 1. The van der Waals surface area contributed by atoms with Crippen molar-refractivity contribution in [2.75, 3.05) is 19.8 Å². The molecule has 18 heavy (non-hydrogen) atoms. The van der Waals surface area contributed by atoms with Crippen LogP contribution in [0.3, 0.4) is 0 Å². The maximum absolute atomic E-state index is 12.6. The summed E-state index contributed by atoms with van der Waals surface area (Å²) in [5, 5.41) is 9.59. The molecule has 0 spiro atoms. The lowest BCUT2D eigenvalue weighted by Crippen LogP contribution is -2.32. The van der Waals surface area contributed by atoms with Crippen molar-refractivity contribution < 1.29 is 19.1 Å². The van der Waals surface area contributed by atoms with Crippen molar-refractivity contribution in [2.45, 2.75) is 20.0 Å².